The first kappa shape index (κ1) is 15.4. The molecule has 0 saturated heterocycles. The van der Waals surface area contributed by atoms with Crippen molar-refractivity contribution >= 4 is 29.3 Å². The van der Waals surface area contributed by atoms with E-state index in [1.165, 1.54) is 18.2 Å². The van der Waals surface area contributed by atoms with Crippen molar-refractivity contribution in [1.29, 1.82) is 5.26 Å². The first-order chi connectivity index (χ1) is 9.47. The molecule has 0 aromatic heterocycles. The number of aliphatic carboxylic acids is 1. The van der Waals surface area contributed by atoms with Gasteiger partial charge in [0.15, 0.2) is 0 Å². The van der Waals surface area contributed by atoms with Crippen molar-refractivity contribution < 1.29 is 14.7 Å². The Morgan fingerprint density at radius 2 is 2.20 bits per heavy atom. The molecule has 0 heterocycles. The minimum atomic E-state index is -1.24. The topological polar surface area (TPSA) is 102 Å². The fraction of sp³-hybridized carbons (Fsp3) is 0.154. The molecule has 1 rings (SSSR count). The lowest BCUT2D eigenvalue weighted by atomic mass is 10.2. The van der Waals surface area contributed by atoms with Crippen LogP contribution in [-0.4, -0.2) is 23.1 Å². The number of carbonyl (C=O) groups is 2. The highest BCUT2D eigenvalue weighted by molar-refractivity contribution is 6.33. The number of urea groups is 1. The molecular weight excluding hydrogens is 282 g/mol. The largest absolute Gasteiger partial charge is 0.480 e. The Balaban J connectivity index is 2.79. The van der Waals surface area contributed by atoms with Gasteiger partial charge in [-0.25, -0.2) is 9.59 Å². The number of anilines is 1. The first-order valence-corrected chi connectivity index (χ1v) is 5.79. The number of amides is 2. The summed E-state index contributed by atoms with van der Waals surface area (Å²) >= 11 is 5.86. The number of benzene rings is 1. The zero-order valence-electron chi connectivity index (χ0n) is 10.2. The van der Waals surface area contributed by atoms with Crippen LogP contribution in [0.4, 0.5) is 10.5 Å². The van der Waals surface area contributed by atoms with Crippen LogP contribution in [0.3, 0.4) is 0 Å². The summed E-state index contributed by atoms with van der Waals surface area (Å²) in [5, 5.41) is 22.4. The van der Waals surface area contributed by atoms with Gasteiger partial charge in [-0.3, -0.25) is 0 Å². The van der Waals surface area contributed by atoms with Crippen LogP contribution in [-0.2, 0) is 4.79 Å². The van der Waals surface area contributed by atoms with E-state index in [9.17, 15) is 9.59 Å². The number of carboxylic acids is 1. The molecule has 20 heavy (non-hydrogen) atoms. The summed E-state index contributed by atoms with van der Waals surface area (Å²) in [5.74, 6) is 0.915. The zero-order chi connectivity index (χ0) is 15.1. The van der Waals surface area contributed by atoms with Gasteiger partial charge in [-0.15, -0.1) is 12.3 Å². The van der Waals surface area contributed by atoms with Crippen molar-refractivity contribution in [3.8, 4) is 18.4 Å². The lowest BCUT2D eigenvalue weighted by molar-refractivity contribution is -0.139. The van der Waals surface area contributed by atoms with Gasteiger partial charge in [-0.2, -0.15) is 5.26 Å². The van der Waals surface area contributed by atoms with Gasteiger partial charge in [-0.05, 0) is 18.2 Å². The third-order valence-electron chi connectivity index (χ3n) is 2.27. The van der Waals surface area contributed by atoms with Gasteiger partial charge in [0.1, 0.15) is 6.04 Å². The van der Waals surface area contributed by atoms with Crippen molar-refractivity contribution in [2.75, 3.05) is 5.32 Å². The molecule has 0 fully saturated rings. The van der Waals surface area contributed by atoms with E-state index >= 15 is 0 Å². The first-order valence-electron chi connectivity index (χ1n) is 5.41. The Hall–Kier alpha value is -2.70. The molecule has 0 aliphatic heterocycles. The second-order valence-electron chi connectivity index (χ2n) is 3.70. The van der Waals surface area contributed by atoms with E-state index in [1.54, 1.807) is 0 Å². The molecule has 1 atom stereocenters. The normalized spacial score (nSPS) is 10.8. The summed E-state index contributed by atoms with van der Waals surface area (Å²) in [5.41, 5.74) is 0.510. The third-order valence-corrected chi connectivity index (χ3v) is 2.60. The summed E-state index contributed by atoms with van der Waals surface area (Å²) < 4.78 is 0. The Kier molecular flexibility index (Phi) is 5.40. The van der Waals surface area contributed by atoms with Gasteiger partial charge in [0, 0.05) is 6.42 Å². The average molecular weight is 292 g/mol. The van der Waals surface area contributed by atoms with Gasteiger partial charge < -0.3 is 15.7 Å². The Morgan fingerprint density at radius 1 is 1.50 bits per heavy atom. The molecule has 0 saturated carbocycles. The van der Waals surface area contributed by atoms with Crippen molar-refractivity contribution in [3.05, 3.63) is 28.8 Å². The van der Waals surface area contributed by atoms with E-state index in [0.717, 1.165) is 0 Å². The molecule has 1 aromatic carbocycles. The van der Waals surface area contributed by atoms with Gasteiger partial charge >= 0.3 is 12.0 Å². The Bertz CT molecular complexity index is 616. The lowest BCUT2D eigenvalue weighted by Crippen LogP contribution is -2.42. The molecule has 7 heteroatoms. The smallest absolute Gasteiger partial charge is 0.327 e. The fourth-order valence-corrected chi connectivity index (χ4v) is 1.49. The predicted molar refractivity (Wildman–Crippen MR) is 73.2 cm³/mol. The maximum atomic E-state index is 11.7. The summed E-state index contributed by atoms with van der Waals surface area (Å²) in [7, 11) is 0. The summed E-state index contributed by atoms with van der Waals surface area (Å²) in [6.07, 6.45) is 4.87. The number of nitrogens with zero attached hydrogens (tertiary/aromatic N) is 1. The number of nitriles is 1. The van der Waals surface area contributed by atoms with Gasteiger partial charge in [0.25, 0.3) is 0 Å². The molecule has 1 unspecified atom stereocenters. The quantitative estimate of drug-likeness (QED) is 0.736. The highest BCUT2D eigenvalue weighted by Crippen LogP contribution is 2.22. The van der Waals surface area contributed by atoms with Crippen LogP contribution in [0.1, 0.15) is 12.0 Å². The van der Waals surface area contributed by atoms with Crippen molar-refractivity contribution in [2.45, 2.75) is 12.5 Å². The van der Waals surface area contributed by atoms with Crippen LogP contribution in [0.2, 0.25) is 5.02 Å². The van der Waals surface area contributed by atoms with Crippen molar-refractivity contribution in [3.63, 3.8) is 0 Å². The van der Waals surface area contributed by atoms with Crippen LogP contribution >= 0.6 is 11.6 Å². The standard InChI is InChI=1S/C13H10ClN3O3/c1-2-3-10(12(18)19)16-13(20)17-11-6-8(7-15)4-5-9(11)14/h1,4-6,10H,3H2,(H,18,19)(H2,16,17,20). The molecule has 3 N–H and O–H groups in total. The SMILES string of the molecule is C#CCC(NC(=O)Nc1cc(C#N)ccc1Cl)C(=O)O. The van der Waals surface area contributed by atoms with E-state index in [1.807, 2.05) is 6.07 Å². The van der Waals surface area contributed by atoms with Crippen molar-refractivity contribution in [2.24, 2.45) is 0 Å². The number of nitrogens with one attached hydrogen (secondary N) is 2. The molecule has 0 aliphatic rings. The highest BCUT2D eigenvalue weighted by Gasteiger charge is 2.19. The molecule has 2 amide bonds. The molecule has 0 bridgehead atoms. The molecule has 6 nitrogen and oxygen atoms in total. The van der Waals surface area contributed by atoms with Crippen LogP contribution in [0, 0.1) is 23.7 Å². The maximum Gasteiger partial charge on any atom is 0.327 e. The fourth-order valence-electron chi connectivity index (χ4n) is 1.33. The average Bonchev–Trinajstić information content (AvgIpc) is 2.40. The van der Waals surface area contributed by atoms with Gasteiger partial charge in [0.05, 0.1) is 22.3 Å². The molecule has 0 aliphatic carbocycles. The number of hydrogen-bond acceptors (Lipinski definition) is 3. The number of rotatable bonds is 4. The number of hydrogen-bond donors (Lipinski definition) is 3. The van der Waals surface area contributed by atoms with E-state index in [2.05, 4.69) is 16.6 Å². The number of carboxylic acid groups (broad SMARTS) is 1. The van der Waals surface area contributed by atoms with E-state index in [4.69, 9.17) is 28.4 Å². The minimum Gasteiger partial charge on any atom is -0.480 e. The van der Waals surface area contributed by atoms with E-state index < -0.39 is 18.0 Å². The maximum absolute atomic E-state index is 11.7. The highest BCUT2D eigenvalue weighted by atomic mass is 35.5. The summed E-state index contributed by atoms with van der Waals surface area (Å²) in [6.45, 7) is 0. The molecule has 1 aromatic rings. The van der Waals surface area contributed by atoms with Gasteiger partial charge in [0.2, 0.25) is 0 Å². The monoisotopic (exact) mass is 291 g/mol. The van der Waals surface area contributed by atoms with Crippen LogP contribution in [0.5, 0.6) is 0 Å². The van der Waals surface area contributed by atoms with Gasteiger partial charge in [-0.1, -0.05) is 11.6 Å². The molecule has 0 radical (unpaired) electrons. The summed E-state index contributed by atoms with van der Waals surface area (Å²) in [6, 6.07) is 4.24. The Morgan fingerprint density at radius 3 is 2.75 bits per heavy atom. The van der Waals surface area contributed by atoms with E-state index in [-0.39, 0.29) is 17.1 Å². The molecular formula is C13H10ClN3O3. The molecule has 0 spiro atoms. The predicted octanol–water partition coefficient (Wildman–Crippen LogP) is 1.81. The zero-order valence-corrected chi connectivity index (χ0v) is 10.9. The second-order valence-corrected chi connectivity index (χ2v) is 4.11. The van der Waals surface area contributed by atoms with E-state index in [0.29, 0.717) is 5.56 Å². The number of terminal acetylenes is 1. The minimum absolute atomic E-state index is 0.144. The molecule has 102 valence electrons. The van der Waals surface area contributed by atoms with Crippen molar-refractivity contribution in [1.82, 2.24) is 5.32 Å². The van der Waals surface area contributed by atoms with Crippen LogP contribution in [0.25, 0.3) is 0 Å². The number of halogens is 1. The third kappa shape index (κ3) is 4.20. The second kappa shape index (κ2) is 7.03. The van der Waals surface area contributed by atoms with Crippen LogP contribution < -0.4 is 10.6 Å². The number of carbonyl (C=O) groups excluding carboxylic acids is 1. The van der Waals surface area contributed by atoms with Crippen LogP contribution in [0.15, 0.2) is 18.2 Å². The lowest BCUT2D eigenvalue weighted by Gasteiger charge is -2.13. The Labute approximate surface area is 120 Å². The summed E-state index contributed by atoms with van der Waals surface area (Å²) in [4.78, 5) is 22.5.